The lowest BCUT2D eigenvalue weighted by atomic mass is 10.0. The van der Waals surface area contributed by atoms with Crippen LogP contribution in [0.3, 0.4) is 0 Å². The van der Waals surface area contributed by atoms with E-state index in [0.29, 0.717) is 0 Å². The topological polar surface area (TPSA) is 121 Å². The summed E-state index contributed by atoms with van der Waals surface area (Å²) in [6.07, 6.45) is 0. The van der Waals surface area contributed by atoms with Crippen molar-refractivity contribution in [2.75, 3.05) is 0 Å². The average Bonchev–Trinajstić information content (AvgIpc) is 2.45. The van der Waals surface area contributed by atoms with Crippen LogP contribution >= 0.6 is 0 Å². The first kappa shape index (κ1) is 11.6. The number of hydrogen-bond donors (Lipinski definition) is 3. The molecule has 7 nitrogen and oxygen atoms in total. The Labute approximate surface area is 114 Å². The smallest absolute Gasteiger partial charge is 0.344 e. The molecule has 2 aromatic heterocycles. The molecule has 0 spiro atoms. The summed E-state index contributed by atoms with van der Waals surface area (Å²) in [5.74, 6) is -1.58. The molecule has 0 bridgehead atoms. The maximum absolute atomic E-state index is 12.0. The van der Waals surface area contributed by atoms with Gasteiger partial charge in [0.1, 0.15) is 0 Å². The Hall–Kier alpha value is -3.22. The Bertz CT molecular complexity index is 1150. The van der Waals surface area contributed by atoms with E-state index >= 15 is 0 Å². The second-order valence-electron chi connectivity index (χ2n) is 4.61. The van der Waals surface area contributed by atoms with Crippen LogP contribution in [0.15, 0.2) is 36.6 Å². The Kier molecular flexibility index (Phi) is 1.91. The minimum Gasteiger partial charge on any atom is -0.504 e. The molecule has 2 aromatic carbocycles. The zero-order valence-electron chi connectivity index (χ0n) is 10.2. The molecule has 104 valence electrons. The Morgan fingerprint density at radius 1 is 0.762 bits per heavy atom. The van der Waals surface area contributed by atoms with Crippen molar-refractivity contribution < 1.29 is 24.2 Å². The van der Waals surface area contributed by atoms with Crippen LogP contribution in [0.5, 0.6) is 17.2 Å². The highest BCUT2D eigenvalue weighted by Crippen LogP contribution is 2.41. The lowest BCUT2D eigenvalue weighted by Gasteiger charge is -2.10. The zero-order valence-corrected chi connectivity index (χ0v) is 10.2. The summed E-state index contributed by atoms with van der Waals surface area (Å²) in [6.45, 7) is 0. The minimum absolute atomic E-state index is 0.0628. The fourth-order valence-corrected chi connectivity index (χ4v) is 2.53. The van der Waals surface area contributed by atoms with Crippen LogP contribution in [0, 0.1) is 0 Å². The monoisotopic (exact) mass is 286 g/mol. The second-order valence-corrected chi connectivity index (χ2v) is 4.61. The van der Waals surface area contributed by atoms with Crippen molar-refractivity contribution in [1.82, 2.24) is 0 Å². The normalized spacial score (nSPS) is 11.8. The Morgan fingerprint density at radius 2 is 1.38 bits per heavy atom. The summed E-state index contributed by atoms with van der Waals surface area (Å²) < 4.78 is 10.0. The predicted molar refractivity (Wildman–Crippen MR) is 72.2 cm³/mol. The highest BCUT2D eigenvalue weighted by atomic mass is 16.4. The van der Waals surface area contributed by atoms with Crippen molar-refractivity contribution in [2.24, 2.45) is 0 Å². The average molecular weight is 286 g/mol. The number of phenols is 3. The van der Waals surface area contributed by atoms with E-state index in [-0.39, 0.29) is 38.5 Å². The number of benzene rings is 2. The molecule has 0 atom stereocenters. The predicted octanol–water partition coefficient (Wildman–Crippen LogP) is 1.61. The molecule has 0 fully saturated rings. The summed E-state index contributed by atoms with van der Waals surface area (Å²) in [5.41, 5.74) is -2.12. The number of hydrogen-bond acceptors (Lipinski definition) is 7. The van der Waals surface area contributed by atoms with Crippen LogP contribution in [-0.2, 0) is 0 Å². The van der Waals surface area contributed by atoms with Gasteiger partial charge in [-0.15, -0.1) is 0 Å². The minimum atomic E-state index is -0.834. The zero-order chi connectivity index (χ0) is 14.9. The highest BCUT2D eigenvalue weighted by Gasteiger charge is 2.23. The SMILES string of the molecule is O=c1oc2c(O)c(O)cc3c(=O)oc4c(O)ccc1c4c23. The van der Waals surface area contributed by atoms with E-state index in [1.165, 1.54) is 12.1 Å². The largest absolute Gasteiger partial charge is 0.504 e. The Balaban J connectivity index is 2.57. The van der Waals surface area contributed by atoms with Gasteiger partial charge < -0.3 is 24.2 Å². The van der Waals surface area contributed by atoms with Gasteiger partial charge in [0.05, 0.1) is 10.8 Å². The standard InChI is InChI=1S/C14H6O7/c15-6-2-1-4-8-9-5(14(19)20-11(6)8)3-7(16)10(17)12(9)21-13(4)18/h1-3,15-17H. The van der Waals surface area contributed by atoms with Crippen LogP contribution in [0.4, 0.5) is 0 Å². The van der Waals surface area contributed by atoms with Crippen molar-refractivity contribution >= 4 is 32.7 Å². The van der Waals surface area contributed by atoms with Gasteiger partial charge in [-0.3, -0.25) is 0 Å². The van der Waals surface area contributed by atoms with Gasteiger partial charge in [0.25, 0.3) is 0 Å². The third-order valence-corrected chi connectivity index (χ3v) is 3.45. The molecule has 0 aliphatic carbocycles. The maximum atomic E-state index is 12.0. The summed E-state index contributed by atoms with van der Waals surface area (Å²) in [5, 5.41) is 29.6. The lowest BCUT2D eigenvalue weighted by molar-refractivity contribution is 0.398. The van der Waals surface area contributed by atoms with E-state index in [9.17, 15) is 24.9 Å². The van der Waals surface area contributed by atoms with Crippen LogP contribution in [-0.4, -0.2) is 15.3 Å². The molecule has 3 N–H and O–H groups in total. The van der Waals surface area contributed by atoms with Crippen LogP contribution in [0.1, 0.15) is 0 Å². The van der Waals surface area contributed by atoms with Crippen LogP contribution in [0.25, 0.3) is 32.7 Å². The molecule has 0 unspecified atom stereocenters. The summed E-state index contributed by atoms with van der Waals surface area (Å²) in [6, 6.07) is 3.55. The van der Waals surface area contributed by atoms with E-state index in [4.69, 9.17) is 8.83 Å². The van der Waals surface area contributed by atoms with E-state index in [1.54, 1.807) is 0 Å². The van der Waals surface area contributed by atoms with E-state index in [0.717, 1.165) is 6.07 Å². The van der Waals surface area contributed by atoms with Gasteiger partial charge in [-0.2, -0.15) is 0 Å². The van der Waals surface area contributed by atoms with Gasteiger partial charge in [0, 0.05) is 10.8 Å². The second kappa shape index (κ2) is 3.45. The van der Waals surface area contributed by atoms with Gasteiger partial charge in [0.2, 0.25) is 5.75 Å². The first-order chi connectivity index (χ1) is 9.99. The molecule has 4 aromatic rings. The molecule has 0 aliphatic rings. The summed E-state index contributed by atoms with van der Waals surface area (Å²) in [7, 11) is 0. The third kappa shape index (κ3) is 1.27. The van der Waals surface area contributed by atoms with E-state index in [2.05, 4.69) is 0 Å². The number of rotatable bonds is 0. The van der Waals surface area contributed by atoms with Gasteiger partial charge in [-0.25, -0.2) is 9.59 Å². The molecule has 0 radical (unpaired) electrons. The molecule has 0 saturated heterocycles. The van der Waals surface area contributed by atoms with Crippen molar-refractivity contribution in [3.63, 3.8) is 0 Å². The highest BCUT2D eigenvalue weighted by molar-refractivity contribution is 6.21. The summed E-state index contributed by atoms with van der Waals surface area (Å²) >= 11 is 0. The molecule has 0 aliphatic heterocycles. The van der Waals surface area contributed by atoms with E-state index in [1.807, 2.05) is 0 Å². The fourth-order valence-electron chi connectivity index (χ4n) is 2.53. The van der Waals surface area contributed by atoms with Crippen LogP contribution < -0.4 is 11.3 Å². The van der Waals surface area contributed by atoms with Gasteiger partial charge in [-0.1, -0.05) is 0 Å². The maximum Gasteiger partial charge on any atom is 0.344 e. The number of aromatic hydroxyl groups is 3. The van der Waals surface area contributed by atoms with Crippen molar-refractivity contribution in [1.29, 1.82) is 0 Å². The van der Waals surface area contributed by atoms with Gasteiger partial charge >= 0.3 is 11.3 Å². The Morgan fingerprint density at radius 3 is 2.14 bits per heavy atom. The molecule has 7 heteroatoms. The molecule has 4 rings (SSSR count). The van der Waals surface area contributed by atoms with Gasteiger partial charge in [-0.05, 0) is 18.2 Å². The quantitative estimate of drug-likeness (QED) is 0.255. The first-order valence-electron chi connectivity index (χ1n) is 5.88. The molecule has 21 heavy (non-hydrogen) atoms. The van der Waals surface area contributed by atoms with Gasteiger partial charge in [0.15, 0.2) is 22.7 Å². The molecule has 0 amide bonds. The molecular weight excluding hydrogens is 280 g/mol. The van der Waals surface area contributed by atoms with E-state index < -0.39 is 22.8 Å². The molecular formula is C14H6O7. The molecule has 0 saturated carbocycles. The fraction of sp³-hybridized carbons (Fsp3) is 0. The van der Waals surface area contributed by atoms with Crippen LogP contribution in [0.2, 0.25) is 0 Å². The first-order valence-corrected chi connectivity index (χ1v) is 5.88. The lowest BCUT2D eigenvalue weighted by Crippen LogP contribution is -2.06. The third-order valence-electron chi connectivity index (χ3n) is 3.45. The van der Waals surface area contributed by atoms with Crippen molar-refractivity contribution in [3.05, 3.63) is 39.0 Å². The number of phenolic OH excluding ortho intramolecular Hbond substituents is 3. The van der Waals surface area contributed by atoms with Crippen molar-refractivity contribution in [2.45, 2.75) is 0 Å². The molecule has 2 heterocycles. The summed E-state index contributed by atoms with van der Waals surface area (Å²) in [4.78, 5) is 23.9. The van der Waals surface area contributed by atoms with Crippen molar-refractivity contribution in [3.8, 4) is 17.2 Å².